The number of hydrogen-bond acceptors (Lipinski definition) is 2. The topological polar surface area (TPSA) is 38.9 Å². The van der Waals surface area contributed by atoms with Crippen LogP contribution in [0.1, 0.15) is 11.3 Å². The van der Waals surface area contributed by atoms with Crippen LogP contribution in [0.25, 0.3) is 10.9 Å². The molecule has 0 aliphatic heterocycles. The molecule has 2 nitrogen and oxygen atoms in total. The highest BCUT2D eigenvalue weighted by Crippen LogP contribution is 2.25. The number of para-hydroxylation sites is 1. The number of benzene rings is 1. The number of aromatic nitrogens is 1. The highest BCUT2D eigenvalue weighted by Gasteiger charge is 2.04. The van der Waals surface area contributed by atoms with Crippen LogP contribution in [0.4, 0.5) is 0 Å². The van der Waals surface area contributed by atoms with Crippen molar-refractivity contribution in [3.63, 3.8) is 0 Å². The van der Waals surface area contributed by atoms with E-state index in [9.17, 15) is 0 Å². The number of nitrogens with two attached hydrogens (primary N) is 1. The van der Waals surface area contributed by atoms with Gasteiger partial charge in [-0.05, 0) is 47.1 Å². The Morgan fingerprint density at radius 2 is 2.20 bits per heavy atom. The largest absolute Gasteiger partial charge is 0.330 e. The lowest BCUT2D eigenvalue weighted by Crippen LogP contribution is -2.05. The third-order valence-corrected chi connectivity index (χ3v) is 3.09. The van der Waals surface area contributed by atoms with Gasteiger partial charge in [-0.25, -0.2) is 0 Å². The molecular formula is C12H13BrN2. The van der Waals surface area contributed by atoms with Gasteiger partial charge in [-0.3, -0.25) is 4.98 Å². The molecule has 15 heavy (non-hydrogen) atoms. The summed E-state index contributed by atoms with van der Waals surface area (Å²) < 4.78 is 1.04. The van der Waals surface area contributed by atoms with Crippen molar-refractivity contribution in [1.82, 2.24) is 4.98 Å². The molecule has 1 heterocycles. The van der Waals surface area contributed by atoms with Crippen LogP contribution in [0.3, 0.4) is 0 Å². The Kier molecular flexibility index (Phi) is 3.03. The third-order valence-electron chi connectivity index (χ3n) is 2.45. The predicted molar refractivity (Wildman–Crippen MR) is 66.9 cm³/mol. The highest BCUT2D eigenvalue weighted by atomic mass is 79.9. The van der Waals surface area contributed by atoms with E-state index in [2.05, 4.69) is 40.0 Å². The van der Waals surface area contributed by atoms with Crippen molar-refractivity contribution in [3.8, 4) is 0 Å². The zero-order valence-electron chi connectivity index (χ0n) is 8.63. The number of fused-ring (bicyclic) bond motifs is 1. The summed E-state index contributed by atoms with van der Waals surface area (Å²) in [5.74, 6) is 0. The minimum atomic E-state index is 0.641. The molecule has 2 N–H and O–H groups in total. The van der Waals surface area contributed by atoms with E-state index in [1.807, 2.05) is 12.1 Å². The molecule has 0 aliphatic rings. The zero-order chi connectivity index (χ0) is 10.8. The summed E-state index contributed by atoms with van der Waals surface area (Å²) in [6.07, 6.45) is 0.831. The normalized spacial score (nSPS) is 10.9. The second-order valence-corrected chi connectivity index (χ2v) is 4.46. The second-order valence-electron chi connectivity index (χ2n) is 3.61. The van der Waals surface area contributed by atoms with Crippen molar-refractivity contribution in [1.29, 1.82) is 0 Å². The first kappa shape index (κ1) is 10.6. The summed E-state index contributed by atoms with van der Waals surface area (Å²) in [5, 5.41) is 1.20. The molecule has 2 aromatic rings. The first-order valence-electron chi connectivity index (χ1n) is 4.97. The third kappa shape index (κ3) is 2.03. The van der Waals surface area contributed by atoms with Gasteiger partial charge >= 0.3 is 0 Å². The molecule has 0 aliphatic carbocycles. The van der Waals surface area contributed by atoms with E-state index in [0.717, 1.165) is 22.1 Å². The minimum Gasteiger partial charge on any atom is -0.330 e. The number of hydrogen-bond donors (Lipinski definition) is 1. The van der Waals surface area contributed by atoms with Gasteiger partial charge in [0.15, 0.2) is 0 Å². The van der Waals surface area contributed by atoms with E-state index in [-0.39, 0.29) is 0 Å². The van der Waals surface area contributed by atoms with Crippen LogP contribution in [0, 0.1) is 6.92 Å². The Labute approximate surface area is 97.6 Å². The van der Waals surface area contributed by atoms with Gasteiger partial charge < -0.3 is 5.73 Å². The van der Waals surface area contributed by atoms with Gasteiger partial charge in [0.25, 0.3) is 0 Å². The number of halogens is 1. The highest BCUT2D eigenvalue weighted by molar-refractivity contribution is 9.10. The van der Waals surface area contributed by atoms with Gasteiger partial charge in [0.05, 0.1) is 5.52 Å². The van der Waals surface area contributed by atoms with E-state index < -0.39 is 0 Å². The molecule has 0 fully saturated rings. The van der Waals surface area contributed by atoms with Crippen molar-refractivity contribution in [2.45, 2.75) is 13.3 Å². The summed E-state index contributed by atoms with van der Waals surface area (Å²) in [4.78, 5) is 4.60. The molecule has 0 spiro atoms. The Morgan fingerprint density at radius 3 is 2.93 bits per heavy atom. The molecule has 78 valence electrons. The van der Waals surface area contributed by atoms with Crippen LogP contribution in [0.5, 0.6) is 0 Å². The quantitative estimate of drug-likeness (QED) is 0.906. The van der Waals surface area contributed by atoms with Gasteiger partial charge in [-0.1, -0.05) is 12.1 Å². The van der Waals surface area contributed by atoms with E-state index in [0.29, 0.717) is 6.54 Å². The smallest absolute Gasteiger partial charge is 0.0849 e. The Hall–Kier alpha value is -0.930. The average Bonchev–Trinajstić information content (AvgIpc) is 2.20. The fourth-order valence-corrected chi connectivity index (χ4v) is 2.18. The van der Waals surface area contributed by atoms with Crippen LogP contribution < -0.4 is 5.73 Å². The molecule has 0 saturated carbocycles. The molecule has 2 rings (SSSR count). The maximum atomic E-state index is 5.54. The van der Waals surface area contributed by atoms with E-state index in [1.165, 1.54) is 10.9 Å². The van der Waals surface area contributed by atoms with Crippen LogP contribution in [-0.4, -0.2) is 11.5 Å². The predicted octanol–water partition coefficient (Wildman–Crippen LogP) is 2.81. The fourth-order valence-electron chi connectivity index (χ4n) is 1.73. The van der Waals surface area contributed by atoms with E-state index in [4.69, 9.17) is 5.73 Å². The Bertz CT molecular complexity index is 494. The Balaban J connectivity index is 2.68. The summed E-state index contributed by atoms with van der Waals surface area (Å²) in [6.45, 7) is 2.75. The van der Waals surface area contributed by atoms with Crippen LogP contribution in [0.15, 0.2) is 28.7 Å². The molecule has 1 aromatic carbocycles. The first-order chi connectivity index (χ1) is 7.22. The molecule has 1 aromatic heterocycles. The number of pyridine rings is 1. The van der Waals surface area contributed by atoms with Crippen LogP contribution in [-0.2, 0) is 6.42 Å². The fraction of sp³-hybridized carbons (Fsp3) is 0.250. The number of aryl methyl sites for hydroxylation is 1. The van der Waals surface area contributed by atoms with Crippen molar-refractivity contribution < 1.29 is 0 Å². The molecular weight excluding hydrogens is 252 g/mol. The lowest BCUT2D eigenvalue weighted by Gasteiger charge is -2.06. The maximum absolute atomic E-state index is 5.54. The van der Waals surface area contributed by atoms with Crippen molar-refractivity contribution in [2.24, 2.45) is 5.73 Å². The molecule has 0 amide bonds. The monoisotopic (exact) mass is 264 g/mol. The summed E-state index contributed by atoms with van der Waals surface area (Å²) in [5.41, 5.74) is 8.89. The molecule has 0 radical (unpaired) electrons. The Morgan fingerprint density at radius 1 is 1.40 bits per heavy atom. The lowest BCUT2D eigenvalue weighted by molar-refractivity contribution is 0.929. The van der Waals surface area contributed by atoms with Gasteiger partial charge in [-0.15, -0.1) is 0 Å². The molecule has 0 saturated heterocycles. The minimum absolute atomic E-state index is 0.641. The maximum Gasteiger partial charge on any atom is 0.0849 e. The van der Waals surface area contributed by atoms with Crippen molar-refractivity contribution in [2.75, 3.05) is 6.54 Å². The SMILES string of the molecule is Cc1cc(CCN)nc2c(Br)cccc12. The molecule has 0 unspecified atom stereocenters. The zero-order valence-corrected chi connectivity index (χ0v) is 10.2. The molecule has 0 bridgehead atoms. The van der Waals surface area contributed by atoms with E-state index in [1.54, 1.807) is 0 Å². The summed E-state index contributed by atoms with van der Waals surface area (Å²) in [6, 6.07) is 8.25. The van der Waals surface area contributed by atoms with Gasteiger partial charge in [-0.2, -0.15) is 0 Å². The molecule has 3 heteroatoms. The van der Waals surface area contributed by atoms with Gasteiger partial charge in [0, 0.05) is 22.0 Å². The second kappa shape index (κ2) is 4.29. The van der Waals surface area contributed by atoms with Crippen LogP contribution >= 0.6 is 15.9 Å². The van der Waals surface area contributed by atoms with Gasteiger partial charge in [0.2, 0.25) is 0 Å². The van der Waals surface area contributed by atoms with Crippen LogP contribution in [0.2, 0.25) is 0 Å². The summed E-state index contributed by atoms with van der Waals surface area (Å²) in [7, 11) is 0. The number of rotatable bonds is 2. The van der Waals surface area contributed by atoms with Crippen molar-refractivity contribution >= 4 is 26.8 Å². The lowest BCUT2D eigenvalue weighted by atomic mass is 10.1. The molecule has 0 atom stereocenters. The average molecular weight is 265 g/mol. The van der Waals surface area contributed by atoms with Crippen molar-refractivity contribution in [3.05, 3.63) is 40.0 Å². The number of nitrogens with zero attached hydrogens (tertiary/aromatic N) is 1. The van der Waals surface area contributed by atoms with Gasteiger partial charge in [0.1, 0.15) is 0 Å². The summed E-state index contributed by atoms with van der Waals surface area (Å²) >= 11 is 3.52. The van der Waals surface area contributed by atoms with E-state index >= 15 is 0 Å². The first-order valence-corrected chi connectivity index (χ1v) is 5.76. The standard InChI is InChI=1S/C12H13BrN2/c1-8-7-9(5-6-14)15-12-10(8)3-2-4-11(12)13/h2-4,7H,5-6,14H2,1H3.